The van der Waals surface area contributed by atoms with E-state index in [2.05, 4.69) is 15.5 Å². The Hall–Kier alpha value is -2.94. The molecule has 1 heterocycles. The first-order chi connectivity index (χ1) is 14.4. The molecule has 10 heteroatoms. The number of halogens is 2. The summed E-state index contributed by atoms with van der Waals surface area (Å²) in [6, 6.07) is 17.3. The maximum atomic E-state index is 13.2. The normalized spacial score (nSPS) is 11.4. The summed E-state index contributed by atoms with van der Waals surface area (Å²) >= 11 is 12.0. The Bertz CT molecular complexity index is 1160. The van der Waals surface area contributed by atoms with Gasteiger partial charge in [-0.1, -0.05) is 47.5 Å². The van der Waals surface area contributed by atoms with Crippen molar-refractivity contribution < 1.29 is 13.2 Å². The molecule has 0 bridgehead atoms. The standard InChI is InChI=1S/C20H16Cl2N4O3S/c21-18-10-9-16(12-19(18)22)26(30(28,29)17-7-2-1-3-8-17)14-20(27)25-24-13-15-6-4-5-11-23-15/h1-13H,14H2,(H,25,27)/b24-13-. The molecule has 0 atom stereocenters. The van der Waals surface area contributed by atoms with E-state index in [1.54, 1.807) is 42.6 Å². The number of anilines is 1. The van der Waals surface area contributed by atoms with Crippen LogP contribution in [0.5, 0.6) is 0 Å². The minimum Gasteiger partial charge on any atom is -0.271 e. The number of nitrogens with zero attached hydrogens (tertiary/aromatic N) is 3. The van der Waals surface area contributed by atoms with Crippen molar-refractivity contribution in [1.29, 1.82) is 0 Å². The third kappa shape index (κ3) is 5.35. The van der Waals surface area contributed by atoms with Gasteiger partial charge < -0.3 is 0 Å². The molecule has 1 N–H and O–H groups in total. The molecular weight excluding hydrogens is 447 g/mol. The molecule has 154 valence electrons. The van der Waals surface area contributed by atoms with Crippen LogP contribution < -0.4 is 9.73 Å². The molecule has 0 fully saturated rings. The van der Waals surface area contributed by atoms with Crippen molar-refractivity contribution in [3.05, 3.63) is 88.7 Å². The largest absolute Gasteiger partial charge is 0.271 e. The molecule has 1 aromatic heterocycles. The highest BCUT2D eigenvalue weighted by Gasteiger charge is 2.27. The van der Waals surface area contributed by atoms with Gasteiger partial charge in [0.15, 0.2) is 0 Å². The van der Waals surface area contributed by atoms with Crippen LogP contribution in [0.4, 0.5) is 5.69 Å². The number of hydrogen-bond acceptors (Lipinski definition) is 5. The SMILES string of the molecule is O=C(CN(c1ccc(Cl)c(Cl)c1)S(=O)(=O)c1ccccc1)N/N=C\c1ccccn1. The van der Waals surface area contributed by atoms with Gasteiger partial charge in [-0.25, -0.2) is 13.8 Å². The molecule has 0 saturated heterocycles. The van der Waals surface area contributed by atoms with Crippen molar-refractivity contribution in [2.24, 2.45) is 5.10 Å². The molecule has 3 rings (SSSR count). The third-order valence-corrected chi connectivity index (χ3v) is 6.41. The van der Waals surface area contributed by atoms with Crippen molar-refractivity contribution in [2.45, 2.75) is 4.90 Å². The Balaban J connectivity index is 1.87. The van der Waals surface area contributed by atoms with E-state index in [0.29, 0.717) is 5.69 Å². The maximum absolute atomic E-state index is 13.2. The molecule has 30 heavy (non-hydrogen) atoms. The number of hydrazone groups is 1. The lowest BCUT2D eigenvalue weighted by molar-refractivity contribution is -0.119. The summed E-state index contributed by atoms with van der Waals surface area (Å²) in [7, 11) is -4.05. The molecule has 0 spiro atoms. The summed E-state index contributed by atoms with van der Waals surface area (Å²) < 4.78 is 27.3. The van der Waals surface area contributed by atoms with Gasteiger partial charge in [0.25, 0.3) is 15.9 Å². The maximum Gasteiger partial charge on any atom is 0.264 e. The quantitative estimate of drug-likeness (QED) is 0.427. The second kappa shape index (κ2) is 9.71. The third-order valence-electron chi connectivity index (χ3n) is 3.88. The van der Waals surface area contributed by atoms with Crippen molar-refractivity contribution in [2.75, 3.05) is 10.8 Å². The Morgan fingerprint density at radius 3 is 2.43 bits per heavy atom. The topological polar surface area (TPSA) is 91.7 Å². The van der Waals surface area contributed by atoms with Gasteiger partial charge in [-0.3, -0.25) is 14.1 Å². The Kier molecular flexibility index (Phi) is 7.04. The fourth-order valence-corrected chi connectivity index (χ4v) is 4.19. The predicted octanol–water partition coefficient (Wildman–Crippen LogP) is 3.73. The summed E-state index contributed by atoms with van der Waals surface area (Å²) in [5.74, 6) is -0.646. The second-order valence-electron chi connectivity index (χ2n) is 5.97. The molecule has 0 aliphatic heterocycles. The van der Waals surface area contributed by atoms with Gasteiger partial charge in [-0.05, 0) is 42.5 Å². The van der Waals surface area contributed by atoms with Gasteiger partial charge in [0.1, 0.15) is 6.54 Å². The molecule has 0 aliphatic carbocycles. The van der Waals surface area contributed by atoms with Crippen LogP contribution in [-0.4, -0.2) is 32.1 Å². The Morgan fingerprint density at radius 1 is 1.03 bits per heavy atom. The minimum absolute atomic E-state index is 0.0286. The van der Waals surface area contributed by atoms with Crippen LogP contribution >= 0.6 is 23.2 Å². The van der Waals surface area contributed by atoms with Crippen LogP contribution in [0.15, 0.2) is 82.9 Å². The summed E-state index contributed by atoms with van der Waals surface area (Å²) in [6.07, 6.45) is 2.94. The summed E-state index contributed by atoms with van der Waals surface area (Å²) in [5, 5.41) is 4.25. The lowest BCUT2D eigenvalue weighted by Gasteiger charge is -2.24. The summed E-state index contributed by atoms with van der Waals surface area (Å²) in [4.78, 5) is 16.5. The number of aromatic nitrogens is 1. The first kappa shape index (κ1) is 21.8. The zero-order chi connectivity index (χ0) is 21.6. The van der Waals surface area contributed by atoms with Gasteiger partial charge >= 0.3 is 0 Å². The van der Waals surface area contributed by atoms with E-state index in [1.807, 2.05) is 0 Å². The van der Waals surface area contributed by atoms with Crippen LogP contribution in [0.3, 0.4) is 0 Å². The number of carbonyl (C=O) groups is 1. The van der Waals surface area contributed by atoms with E-state index in [4.69, 9.17) is 23.2 Å². The van der Waals surface area contributed by atoms with Crippen molar-refractivity contribution in [3.8, 4) is 0 Å². The average molecular weight is 463 g/mol. The zero-order valence-corrected chi connectivity index (χ0v) is 17.8. The number of amides is 1. The van der Waals surface area contributed by atoms with Crippen LogP contribution in [0.2, 0.25) is 10.0 Å². The number of benzene rings is 2. The molecule has 0 aliphatic rings. The number of pyridine rings is 1. The minimum atomic E-state index is -4.05. The van der Waals surface area contributed by atoms with Gasteiger partial charge in [0.2, 0.25) is 0 Å². The van der Waals surface area contributed by atoms with E-state index in [9.17, 15) is 13.2 Å². The van der Waals surface area contributed by atoms with Gasteiger partial charge in [-0.2, -0.15) is 5.10 Å². The Morgan fingerprint density at radius 2 is 1.77 bits per heavy atom. The van der Waals surface area contributed by atoms with E-state index in [-0.39, 0.29) is 20.6 Å². The molecule has 1 amide bonds. The highest BCUT2D eigenvalue weighted by molar-refractivity contribution is 7.92. The monoisotopic (exact) mass is 462 g/mol. The van der Waals surface area contributed by atoms with Crippen molar-refractivity contribution in [1.82, 2.24) is 10.4 Å². The number of hydrogen-bond donors (Lipinski definition) is 1. The average Bonchev–Trinajstić information content (AvgIpc) is 2.75. The van der Waals surface area contributed by atoms with Gasteiger partial charge in [0, 0.05) is 6.20 Å². The van der Waals surface area contributed by atoms with E-state index in [0.717, 1.165) is 4.31 Å². The van der Waals surface area contributed by atoms with Crippen molar-refractivity contribution >= 4 is 51.0 Å². The number of sulfonamides is 1. The zero-order valence-electron chi connectivity index (χ0n) is 15.4. The highest BCUT2D eigenvalue weighted by Crippen LogP contribution is 2.30. The number of rotatable bonds is 7. The van der Waals surface area contributed by atoms with Crippen LogP contribution in [0.1, 0.15) is 5.69 Å². The molecular formula is C20H16Cl2N4O3S. The van der Waals surface area contributed by atoms with Crippen molar-refractivity contribution in [3.63, 3.8) is 0 Å². The molecule has 0 radical (unpaired) electrons. The van der Waals surface area contributed by atoms with E-state index >= 15 is 0 Å². The molecule has 0 saturated carbocycles. The molecule has 2 aromatic carbocycles. The smallest absolute Gasteiger partial charge is 0.264 e. The molecule has 3 aromatic rings. The van der Waals surface area contributed by atoms with E-state index < -0.39 is 22.5 Å². The number of nitrogens with one attached hydrogen (secondary N) is 1. The summed E-state index contributed by atoms with van der Waals surface area (Å²) in [5.41, 5.74) is 3.04. The second-order valence-corrected chi connectivity index (χ2v) is 8.65. The van der Waals surface area contributed by atoms with Gasteiger partial charge in [-0.15, -0.1) is 0 Å². The fourth-order valence-electron chi connectivity index (χ4n) is 2.46. The van der Waals surface area contributed by atoms with Gasteiger partial charge in [0.05, 0.1) is 32.5 Å². The predicted molar refractivity (Wildman–Crippen MR) is 117 cm³/mol. The highest BCUT2D eigenvalue weighted by atomic mass is 35.5. The summed E-state index contributed by atoms with van der Waals surface area (Å²) in [6.45, 7) is -0.519. The first-order valence-electron chi connectivity index (χ1n) is 8.64. The van der Waals surface area contributed by atoms with E-state index in [1.165, 1.54) is 36.5 Å². The van der Waals surface area contributed by atoms with Crippen LogP contribution in [-0.2, 0) is 14.8 Å². The lowest BCUT2D eigenvalue weighted by Crippen LogP contribution is -2.39. The Labute approximate surface area is 184 Å². The lowest BCUT2D eigenvalue weighted by atomic mass is 10.3. The van der Waals surface area contributed by atoms with Crippen LogP contribution in [0.25, 0.3) is 0 Å². The molecule has 0 unspecified atom stereocenters. The van der Waals surface area contributed by atoms with Crippen LogP contribution in [0, 0.1) is 0 Å². The molecule has 7 nitrogen and oxygen atoms in total. The number of carbonyl (C=O) groups excluding carboxylic acids is 1. The first-order valence-corrected chi connectivity index (χ1v) is 10.8. The fraction of sp³-hybridized carbons (Fsp3) is 0.0500.